The van der Waals surface area contributed by atoms with Crippen LogP contribution >= 0.6 is 0 Å². The summed E-state index contributed by atoms with van der Waals surface area (Å²) in [6.45, 7) is 0.594. The maximum absolute atomic E-state index is 11.8. The van der Waals surface area contributed by atoms with E-state index >= 15 is 0 Å². The minimum absolute atomic E-state index is 0.103. The fourth-order valence-corrected chi connectivity index (χ4v) is 1.80. The van der Waals surface area contributed by atoms with Gasteiger partial charge in [-0.3, -0.25) is 9.48 Å². The predicted octanol–water partition coefficient (Wildman–Crippen LogP) is 1.40. The number of benzene rings is 1. The molecule has 0 radical (unpaired) electrons. The third-order valence-corrected chi connectivity index (χ3v) is 2.91. The van der Waals surface area contributed by atoms with Gasteiger partial charge in [-0.1, -0.05) is 12.1 Å². The highest BCUT2D eigenvalue weighted by Gasteiger charge is 2.08. The second kappa shape index (κ2) is 6.04. The van der Waals surface area contributed by atoms with Crippen LogP contribution in [0.2, 0.25) is 0 Å². The quantitative estimate of drug-likeness (QED) is 0.883. The number of amides is 1. The minimum Gasteiger partial charge on any atom is -0.497 e. The topological polar surface area (TPSA) is 56.1 Å². The number of ether oxygens (including phenoxy) is 1. The van der Waals surface area contributed by atoms with E-state index in [2.05, 4.69) is 10.4 Å². The highest BCUT2D eigenvalue weighted by Crippen LogP contribution is 2.11. The average molecular weight is 259 g/mol. The molecular weight excluding hydrogens is 242 g/mol. The summed E-state index contributed by atoms with van der Waals surface area (Å²) in [5.74, 6) is 0.733. The first-order valence-corrected chi connectivity index (χ1v) is 6.10. The molecule has 19 heavy (non-hydrogen) atoms. The summed E-state index contributed by atoms with van der Waals surface area (Å²) in [4.78, 5) is 11.8. The number of hydrogen-bond donors (Lipinski definition) is 1. The van der Waals surface area contributed by atoms with E-state index in [9.17, 15) is 4.79 Å². The lowest BCUT2D eigenvalue weighted by Crippen LogP contribution is -2.27. The van der Waals surface area contributed by atoms with E-state index in [-0.39, 0.29) is 5.91 Å². The van der Waals surface area contributed by atoms with Gasteiger partial charge in [0.05, 0.1) is 7.11 Å². The molecule has 1 N–H and O–H groups in total. The summed E-state index contributed by atoms with van der Waals surface area (Å²) in [7, 11) is 3.39. The number of carbonyl (C=O) groups excluding carboxylic acids is 1. The molecule has 5 nitrogen and oxygen atoms in total. The number of aryl methyl sites for hydroxylation is 1. The average Bonchev–Trinajstić information content (AvgIpc) is 2.86. The molecule has 1 heterocycles. The Morgan fingerprint density at radius 1 is 1.32 bits per heavy atom. The SMILES string of the molecule is COc1ccc(CCNC(=O)c2ccnn2C)cc1. The Morgan fingerprint density at radius 3 is 2.63 bits per heavy atom. The predicted molar refractivity (Wildman–Crippen MR) is 72.2 cm³/mol. The van der Waals surface area contributed by atoms with Crippen molar-refractivity contribution in [2.75, 3.05) is 13.7 Å². The number of methoxy groups -OCH3 is 1. The Labute approximate surface area is 112 Å². The van der Waals surface area contributed by atoms with E-state index in [1.54, 1.807) is 31.1 Å². The Hall–Kier alpha value is -2.30. The maximum Gasteiger partial charge on any atom is 0.269 e. The third-order valence-electron chi connectivity index (χ3n) is 2.91. The molecule has 1 aromatic heterocycles. The van der Waals surface area contributed by atoms with Crippen molar-refractivity contribution in [2.24, 2.45) is 7.05 Å². The van der Waals surface area contributed by atoms with Crippen LogP contribution in [0.5, 0.6) is 5.75 Å². The summed E-state index contributed by atoms with van der Waals surface area (Å²) in [5, 5.41) is 6.84. The van der Waals surface area contributed by atoms with Crippen LogP contribution in [0.3, 0.4) is 0 Å². The molecule has 0 aliphatic heterocycles. The second-order valence-electron chi connectivity index (χ2n) is 4.19. The summed E-state index contributed by atoms with van der Waals surface area (Å²) in [5.41, 5.74) is 1.72. The number of carbonyl (C=O) groups is 1. The first-order valence-electron chi connectivity index (χ1n) is 6.10. The van der Waals surface area contributed by atoms with Crippen LogP contribution < -0.4 is 10.1 Å². The minimum atomic E-state index is -0.103. The van der Waals surface area contributed by atoms with Crippen molar-refractivity contribution >= 4 is 5.91 Å². The van der Waals surface area contributed by atoms with Crippen LogP contribution in [0.1, 0.15) is 16.1 Å². The molecule has 0 aliphatic rings. The zero-order valence-corrected chi connectivity index (χ0v) is 11.1. The second-order valence-corrected chi connectivity index (χ2v) is 4.19. The van der Waals surface area contributed by atoms with Gasteiger partial charge in [0.2, 0.25) is 0 Å². The van der Waals surface area contributed by atoms with Crippen molar-refractivity contribution in [3.05, 3.63) is 47.8 Å². The molecule has 0 atom stereocenters. The Morgan fingerprint density at radius 2 is 2.05 bits per heavy atom. The fourth-order valence-electron chi connectivity index (χ4n) is 1.80. The maximum atomic E-state index is 11.8. The normalized spacial score (nSPS) is 10.2. The van der Waals surface area contributed by atoms with Crippen molar-refractivity contribution < 1.29 is 9.53 Å². The van der Waals surface area contributed by atoms with Crippen LogP contribution in [0.4, 0.5) is 0 Å². The fraction of sp³-hybridized carbons (Fsp3) is 0.286. The zero-order chi connectivity index (χ0) is 13.7. The monoisotopic (exact) mass is 259 g/mol. The van der Waals surface area contributed by atoms with Gasteiger partial charge in [0.1, 0.15) is 11.4 Å². The molecule has 0 bridgehead atoms. The van der Waals surface area contributed by atoms with Gasteiger partial charge < -0.3 is 10.1 Å². The van der Waals surface area contributed by atoms with Gasteiger partial charge in [0.15, 0.2) is 0 Å². The molecule has 0 unspecified atom stereocenters. The molecule has 1 aromatic carbocycles. The number of hydrogen-bond acceptors (Lipinski definition) is 3. The molecule has 0 saturated heterocycles. The molecule has 5 heteroatoms. The smallest absolute Gasteiger partial charge is 0.269 e. The van der Waals surface area contributed by atoms with Crippen molar-refractivity contribution in [3.63, 3.8) is 0 Å². The Balaban J connectivity index is 1.83. The van der Waals surface area contributed by atoms with E-state index in [4.69, 9.17) is 4.74 Å². The molecule has 100 valence electrons. The van der Waals surface area contributed by atoms with E-state index in [0.29, 0.717) is 12.2 Å². The summed E-state index contributed by atoms with van der Waals surface area (Å²) < 4.78 is 6.65. The molecule has 0 saturated carbocycles. The standard InChI is InChI=1S/C14H17N3O2/c1-17-13(8-10-16-17)14(18)15-9-7-11-3-5-12(19-2)6-4-11/h3-6,8,10H,7,9H2,1-2H3,(H,15,18). The summed E-state index contributed by atoms with van der Waals surface area (Å²) in [6, 6.07) is 9.52. The highest BCUT2D eigenvalue weighted by atomic mass is 16.5. The highest BCUT2D eigenvalue weighted by molar-refractivity contribution is 5.92. The summed E-state index contributed by atoms with van der Waals surface area (Å²) in [6.07, 6.45) is 2.39. The molecule has 2 aromatic rings. The van der Waals surface area contributed by atoms with E-state index in [1.165, 1.54) is 0 Å². The third kappa shape index (κ3) is 3.34. The molecular formula is C14H17N3O2. The van der Waals surface area contributed by atoms with Crippen LogP contribution in [0.25, 0.3) is 0 Å². The van der Waals surface area contributed by atoms with E-state index < -0.39 is 0 Å². The van der Waals surface area contributed by atoms with Gasteiger partial charge in [-0.05, 0) is 30.2 Å². The van der Waals surface area contributed by atoms with Gasteiger partial charge in [0, 0.05) is 19.8 Å². The van der Waals surface area contributed by atoms with Crippen LogP contribution in [-0.4, -0.2) is 29.3 Å². The summed E-state index contributed by atoms with van der Waals surface area (Å²) >= 11 is 0. The molecule has 1 amide bonds. The van der Waals surface area contributed by atoms with Crippen LogP contribution in [0.15, 0.2) is 36.5 Å². The van der Waals surface area contributed by atoms with Gasteiger partial charge >= 0.3 is 0 Å². The molecule has 0 fully saturated rings. The lowest BCUT2D eigenvalue weighted by Gasteiger charge is -2.06. The van der Waals surface area contributed by atoms with Gasteiger partial charge in [-0.2, -0.15) is 5.10 Å². The van der Waals surface area contributed by atoms with Crippen LogP contribution in [-0.2, 0) is 13.5 Å². The molecule has 2 rings (SSSR count). The van der Waals surface area contributed by atoms with E-state index in [0.717, 1.165) is 17.7 Å². The number of aromatic nitrogens is 2. The molecule has 0 spiro atoms. The van der Waals surface area contributed by atoms with Crippen molar-refractivity contribution in [1.29, 1.82) is 0 Å². The largest absolute Gasteiger partial charge is 0.497 e. The molecule has 0 aliphatic carbocycles. The first-order chi connectivity index (χ1) is 9.20. The van der Waals surface area contributed by atoms with Crippen molar-refractivity contribution in [1.82, 2.24) is 15.1 Å². The first kappa shape index (κ1) is 13.1. The number of rotatable bonds is 5. The van der Waals surface area contributed by atoms with Gasteiger partial charge in [-0.15, -0.1) is 0 Å². The van der Waals surface area contributed by atoms with Crippen molar-refractivity contribution in [2.45, 2.75) is 6.42 Å². The van der Waals surface area contributed by atoms with Crippen LogP contribution in [0, 0.1) is 0 Å². The lowest BCUT2D eigenvalue weighted by atomic mass is 10.1. The van der Waals surface area contributed by atoms with Gasteiger partial charge in [0.25, 0.3) is 5.91 Å². The van der Waals surface area contributed by atoms with E-state index in [1.807, 2.05) is 24.3 Å². The van der Waals surface area contributed by atoms with Crippen molar-refractivity contribution in [3.8, 4) is 5.75 Å². The number of nitrogens with one attached hydrogen (secondary N) is 1. The van der Waals surface area contributed by atoms with Gasteiger partial charge in [-0.25, -0.2) is 0 Å². The zero-order valence-electron chi connectivity index (χ0n) is 11.1. The Bertz CT molecular complexity index is 546. The lowest BCUT2D eigenvalue weighted by molar-refractivity contribution is 0.0944. The number of nitrogens with zero attached hydrogens (tertiary/aromatic N) is 2. The Kier molecular flexibility index (Phi) is 4.18.